The van der Waals surface area contributed by atoms with Gasteiger partial charge in [0.15, 0.2) is 0 Å². The van der Waals surface area contributed by atoms with Crippen molar-refractivity contribution in [1.29, 1.82) is 0 Å². The summed E-state index contributed by atoms with van der Waals surface area (Å²) in [5.41, 5.74) is 2.75. The molecule has 7 heteroatoms. The molecule has 0 radical (unpaired) electrons. The van der Waals surface area contributed by atoms with E-state index in [1.165, 1.54) is 0 Å². The number of nitrogens with one attached hydrogen (secondary N) is 2. The summed E-state index contributed by atoms with van der Waals surface area (Å²) in [6, 6.07) is 12.5. The number of hydrogen-bond acceptors (Lipinski definition) is 5. The van der Waals surface area contributed by atoms with Gasteiger partial charge >= 0.3 is 0 Å². The van der Waals surface area contributed by atoms with Gasteiger partial charge in [-0.25, -0.2) is 0 Å². The van der Waals surface area contributed by atoms with Gasteiger partial charge in [0.1, 0.15) is 11.4 Å². The Morgan fingerprint density at radius 1 is 1.15 bits per heavy atom. The number of rotatable bonds is 6. The summed E-state index contributed by atoms with van der Waals surface area (Å²) >= 11 is 6.13. The molecule has 3 aromatic rings. The summed E-state index contributed by atoms with van der Waals surface area (Å²) in [4.78, 5) is 20.4. The van der Waals surface area contributed by atoms with Crippen LogP contribution in [0.1, 0.15) is 16.1 Å². The van der Waals surface area contributed by atoms with Crippen molar-refractivity contribution in [2.75, 3.05) is 12.4 Å². The number of aromatic nitrogens is 2. The quantitative estimate of drug-likeness (QED) is 0.691. The lowest BCUT2D eigenvalue weighted by Gasteiger charge is -2.10. The summed E-state index contributed by atoms with van der Waals surface area (Å²) in [6.07, 6.45) is 4.97. The van der Waals surface area contributed by atoms with Gasteiger partial charge < -0.3 is 15.4 Å². The molecule has 1 aromatic carbocycles. The average molecular weight is 369 g/mol. The van der Waals surface area contributed by atoms with Gasteiger partial charge in [0.2, 0.25) is 0 Å². The molecule has 0 aliphatic rings. The highest BCUT2D eigenvalue weighted by Crippen LogP contribution is 2.28. The molecule has 0 saturated heterocycles. The zero-order valence-corrected chi connectivity index (χ0v) is 14.8. The van der Waals surface area contributed by atoms with E-state index in [1.807, 2.05) is 18.2 Å². The molecule has 0 atom stereocenters. The van der Waals surface area contributed by atoms with Gasteiger partial charge in [-0.3, -0.25) is 14.8 Å². The van der Waals surface area contributed by atoms with Crippen LogP contribution in [-0.2, 0) is 6.54 Å². The Kier molecular flexibility index (Phi) is 5.66. The Hall–Kier alpha value is -3.12. The number of anilines is 2. The number of benzene rings is 1. The zero-order chi connectivity index (χ0) is 18.4. The van der Waals surface area contributed by atoms with Crippen LogP contribution in [0.15, 0.2) is 61.1 Å². The van der Waals surface area contributed by atoms with Crippen LogP contribution in [0.5, 0.6) is 5.75 Å². The summed E-state index contributed by atoms with van der Waals surface area (Å²) in [5, 5.41) is 6.52. The highest BCUT2D eigenvalue weighted by Gasteiger charge is 2.09. The van der Waals surface area contributed by atoms with Crippen LogP contribution in [0.3, 0.4) is 0 Å². The van der Waals surface area contributed by atoms with Crippen molar-refractivity contribution in [3.63, 3.8) is 0 Å². The van der Waals surface area contributed by atoms with Gasteiger partial charge in [-0.2, -0.15) is 0 Å². The molecule has 0 spiro atoms. The van der Waals surface area contributed by atoms with Crippen molar-refractivity contribution in [2.24, 2.45) is 0 Å². The maximum atomic E-state index is 12.3. The van der Waals surface area contributed by atoms with Crippen LogP contribution < -0.4 is 15.4 Å². The first kappa shape index (κ1) is 17.7. The predicted octanol–water partition coefficient (Wildman–Crippen LogP) is 3.81. The second-order valence-electron chi connectivity index (χ2n) is 5.45. The maximum absolute atomic E-state index is 12.3. The van der Waals surface area contributed by atoms with Gasteiger partial charge in [0.05, 0.1) is 12.1 Å². The molecule has 0 fully saturated rings. The lowest BCUT2D eigenvalue weighted by molar-refractivity contribution is 0.0946. The minimum atomic E-state index is -0.259. The fraction of sp³-hybridized carbons (Fsp3) is 0.105. The van der Waals surface area contributed by atoms with Crippen molar-refractivity contribution >= 4 is 28.9 Å². The average Bonchev–Trinajstić information content (AvgIpc) is 2.67. The highest BCUT2D eigenvalue weighted by molar-refractivity contribution is 6.32. The number of methoxy groups -OCH3 is 1. The number of amides is 1. The molecular weight excluding hydrogens is 352 g/mol. The molecule has 3 rings (SSSR count). The summed E-state index contributed by atoms with van der Waals surface area (Å²) in [6.45, 7) is 0.389. The molecule has 0 aliphatic heterocycles. The summed E-state index contributed by atoms with van der Waals surface area (Å²) in [5.74, 6) is 0.340. The number of ether oxygens (including phenoxy) is 1. The van der Waals surface area contributed by atoms with Crippen LogP contribution in [0.25, 0.3) is 0 Å². The molecular formula is C19H17ClN4O2. The van der Waals surface area contributed by atoms with Gasteiger partial charge in [-0.15, -0.1) is 0 Å². The molecule has 1 amide bonds. The lowest BCUT2D eigenvalue weighted by Crippen LogP contribution is -2.23. The van der Waals surface area contributed by atoms with Crippen LogP contribution in [0.4, 0.5) is 11.4 Å². The standard InChI is InChI=1S/C19H17ClN4O2/c1-26-18-5-4-14(9-16(18)20)24-15-6-8-22-17(10-15)19(25)23-12-13-3-2-7-21-11-13/h2-11H,12H2,1H3,(H,22,24)(H,23,25). The first-order valence-corrected chi connectivity index (χ1v) is 8.27. The normalized spacial score (nSPS) is 10.2. The van der Waals surface area contributed by atoms with E-state index >= 15 is 0 Å². The topological polar surface area (TPSA) is 76.1 Å². The minimum absolute atomic E-state index is 0.259. The van der Waals surface area contributed by atoms with Crippen LogP contribution in [0.2, 0.25) is 5.02 Å². The van der Waals surface area contributed by atoms with E-state index in [1.54, 1.807) is 50.0 Å². The van der Waals surface area contributed by atoms with Crippen molar-refractivity contribution in [3.05, 3.63) is 77.3 Å². The molecule has 26 heavy (non-hydrogen) atoms. The Bertz CT molecular complexity index is 903. The van der Waals surface area contributed by atoms with Gasteiger partial charge in [0.25, 0.3) is 5.91 Å². The van der Waals surface area contributed by atoms with E-state index in [2.05, 4.69) is 20.6 Å². The second-order valence-corrected chi connectivity index (χ2v) is 5.86. The number of pyridine rings is 2. The fourth-order valence-corrected chi connectivity index (χ4v) is 2.58. The van der Waals surface area contributed by atoms with E-state index in [-0.39, 0.29) is 5.91 Å². The number of nitrogens with zero attached hydrogens (tertiary/aromatic N) is 2. The van der Waals surface area contributed by atoms with Crippen LogP contribution in [-0.4, -0.2) is 23.0 Å². The molecule has 0 bridgehead atoms. The van der Waals surface area contributed by atoms with Crippen LogP contribution in [0, 0.1) is 0 Å². The van der Waals surface area contributed by atoms with E-state index in [9.17, 15) is 4.79 Å². The van der Waals surface area contributed by atoms with Gasteiger partial charge in [0, 0.05) is 36.5 Å². The third-order valence-electron chi connectivity index (χ3n) is 3.61. The molecule has 2 aromatic heterocycles. The fourth-order valence-electron chi connectivity index (χ4n) is 2.32. The van der Waals surface area contributed by atoms with E-state index < -0.39 is 0 Å². The van der Waals surface area contributed by atoms with Gasteiger partial charge in [-0.05, 0) is 42.0 Å². The first-order valence-electron chi connectivity index (χ1n) is 7.89. The largest absolute Gasteiger partial charge is 0.495 e. The third kappa shape index (κ3) is 4.49. The maximum Gasteiger partial charge on any atom is 0.270 e. The Balaban J connectivity index is 1.67. The van der Waals surface area contributed by atoms with E-state index in [0.29, 0.717) is 23.0 Å². The first-order chi connectivity index (χ1) is 12.7. The molecule has 0 aliphatic carbocycles. The predicted molar refractivity (Wildman–Crippen MR) is 101 cm³/mol. The molecule has 6 nitrogen and oxygen atoms in total. The van der Waals surface area contributed by atoms with Crippen molar-refractivity contribution in [2.45, 2.75) is 6.54 Å². The van der Waals surface area contributed by atoms with Crippen LogP contribution >= 0.6 is 11.6 Å². The summed E-state index contributed by atoms with van der Waals surface area (Å²) < 4.78 is 5.14. The third-order valence-corrected chi connectivity index (χ3v) is 3.90. The van der Waals surface area contributed by atoms with Crippen molar-refractivity contribution in [1.82, 2.24) is 15.3 Å². The Morgan fingerprint density at radius 2 is 2.00 bits per heavy atom. The summed E-state index contributed by atoms with van der Waals surface area (Å²) in [7, 11) is 1.56. The highest BCUT2D eigenvalue weighted by atomic mass is 35.5. The Morgan fingerprint density at radius 3 is 2.73 bits per heavy atom. The van der Waals surface area contributed by atoms with Crippen molar-refractivity contribution < 1.29 is 9.53 Å². The molecule has 2 heterocycles. The Labute approximate surface area is 156 Å². The molecule has 0 saturated carbocycles. The van der Waals surface area contributed by atoms with E-state index in [0.717, 1.165) is 16.9 Å². The monoisotopic (exact) mass is 368 g/mol. The number of carbonyl (C=O) groups is 1. The smallest absolute Gasteiger partial charge is 0.270 e. The molecule has 132 valence electrons. The van der Waals surface area contributed by atoms with Crippen molar-refractivity contribution in [3.8, 4) is 5.75 Å². The minimum Gasteiger partial charge on any atom is -0.495 e. The molecule has 2 N–H and O–H groups in total. The molecule has 0 unspecified atom stereocenters. The number of hydrogen-bond donors (Lipinski definition) is 2. The lowest BCUT2D eigenvalue weighted by atomic mass is 10.2. The SMILES string of the molecule is COc1ccc(Nc2ccnc(C(=O)NCc3cccnc3)c2)cc1Cl. The second kappa shape index (κ2) is 8.31. The number of halogens is 1. The zero-order valence-electron chi connectivity index (χ0n) is 14.1. The van der Waals surface area contributed by atoms with Gasteiger partial charge in [-0.1, -0.05) is 17.7 Å². The van der Waals surface area contributed by atoms with E-state index in [4.69, 9.17) is 16.3 Å². The number of carbonyl (C=O) groups excluding carboxylic acids is 1.